The highest BCUT2D eigenvalue weighted by atomic mass is 16.5. The van der Waals surface area contributed by atoms with Gasteiger partial charge >= 0.3 is 5.97 Å². The Morgan fingerprint density at radius 1 is 1.27 bits per heavy atom. The number of hydrogen-bond donors (Lipinski definition) is 0. The van der Waals surface area contributed by atoms with Crippen molar-refractivity contribution >= 4 is 5.97 Å². The molecule has 0 unspecified atom stereocenters. The van der Waals surface area contributed by atoms with Gasteiger partial charge in [-0.2, -0.15) is 0 Å². The molecule has 0 aromatic rings. The van der Waals surface area contributed by atoms with Crippen molar-refractivity contribution in [3.8, 4) is 0 Å². The molecule has 0 radical (unpaired) electrons. The van der Waals surface area contributed by atoms with Crippen LogP contribution in [0.3, 0.4) is 0 Å². The van der Waals surface area contributed by atoms with Gasteiger partial charge < -0.3 is 4.74 Å². The zero-order valence-corrected chi connectivity index (χ0v) is 10.6. The van der Waals surface area contributed by atoms with Crippen LogP contribution in [0.4, 0.5) is 0 Å². The molecule has 0 aliphatic rings. The van der Waals surface area contributed by atoms with Gasteiger partial charge in [0.15, 0.2) is 0 Å². The zero-order chi connectivity index (χ0) is 11.7. The minimum absolute atomic E-state index is 0.0945. The van der Waals surface area contributed by atoms with Crippen molar-refractivity contribution in [2.75, 3.05) is 20.1 Å². The second-order valence-corrected chi connectivity index (χ2v) is 4.02. The Kier molecular flexibility index (Phi) is 8.38. The van der Waals surface area contributed by atoms with Crippen LogP contribution in [0.2, 0.25) is 0 Å². The summed E-state index contributed by atoms with van der Waals surface area (Å²) in [5, 5.41) is 0. The van der Waals surface area contributed by atoms with Crippen molar-refractivity contribution in [3.63, 3.8) is 0 Å². The second kappa shape index (κ2) is 8.72. The lowest BCUT2D eigenvalue weighted by Gasteiger charge is -2.18. The second-order valence-electron chi connectivity index (χ2n) is 4.02. The SMILES string of the molecule is CCCCN(C)CC(=O)OC(CC)CC. The summed E-state index contributed by atoms with van der Waals surface area (Å²) in [6.45, 7) is 7.62. The molecule has 0 saturated carbocycles. The first kappa shape index (κ1) is 14.4. The molecule has 3 heteroatoms. The monoisotopic (exact) mass is 215 g/mol. The molecule has 0 bridgehead atoms. The summed E-state index contributed by atoms with van der Waals surface area (Å²) >= 11 is 0. The van der Waals surface area contributed by atoms with E-state index in [4.69, 9.17) is 4.74 Å². The first-order chi connectivity index (χ1) is 7.13. The van der Waals surface area contributed by atoms with Crippen molar-refractivity contribution in [3.05, 3.63) is 0 Å². The summed E-state index contributed by atoms with van der Waals surface area (Å²) in [5.74, 6) is -0.0951. The van der Waals surface area contributed by atoms with Crippen LogP contribution in [-0.2, 0) is 9.53 Å². The van der Waals surface area contributed by atoms with Crippen molar-refractivity contribution in [2.45, 2.75) is 52.6 Å². The highest BCUT2D eigenvalue weighted by molar-refractivity contribution is 5.71. The van der Waals surface area contributed by atoms with Gasteiger partial charge in [-0.15, -0.1) is 0 Å². The molecule has 0 aliphatic heterocycles. The van der Waals surface area contributed by atoms with Gasteiger partial charge in [0.2, 0.25) is 0 Å². The fourth-order valence-electron chi connectivity index (χ4n) is 1.41. The third-order valence-corrected chi connectivity index (χ3v) is 2.50. The van der Waals surface area contributed by atoms with E-state index in [0.29, 0.717) is 6.54 Å². The molecule has 0 amide bonds. The Balaban J connectivity index is 3.71. The first-order valence-corrected chi connectivity index (χ1v) is 6.01. The third kappa shape index (κ3) is 7.37. The van der Waals surface area contributed by atoms with E-state index >= 15 is 0 Å². The highest BCUT2D eigenvalue weighted by Crippen LogP contribution is 2.03. The summed E-state index contributed by atoms with van der Waals surface area (Å²) in [7, 11) is 1.96. The maximum atomic E-state index is 11.5. The van der Waals surface area contributed by atoms with Crippen LogP contribution < -0.4 is 0 Å². The highest BCUT2D eigenvalue weighted by Gasteiger charge is 2.12. The molecule has 0 atom stereocenters. The molecule has 0 fully saturated rings. The number of carbonyl (C=O) groups is 1. The number of unbranched alkanes of at least 4 members (excludes halogenated alkanes) is 1. The molecule has 0 N–H and O–H groups in total. The Morgan fingerprint density at radius 2 is 1.87 bits per heavy atom. The van der Waals surface area contributed by atoms with Gasteiger partial charge in [-0.25, -0.2) is 0 Å². The van der Waals surface area contributed by atoms with Crippen LogP contribution in [-0.4, -0.2) is 37.1 Å². The normalized spacial score (nSPS) is 11.1. The standard InChI is InChI=1S/C12H25NO2/c1-5-8-9-13(4)10-12(14)15-11(6-2)7-3/h11H,5-10H2,1-4H3. The molecule has 0 aromatic heterocycles. The quantitative estimate of drug-likeness (QED) is 0.582. The summed E-state index contributed by atoms with van der Waals surface area (Å²) in [4.78, 5) is 13.5. The van der Waals surface area contributed by atoms with Gasteiger partial charge in [0.1, 0.15) is 6.10 Å². The average molecular weight is 215 g/mol. The maximum Gasteiger partial charge on any atom is 0.320 e. The molecule has 0 heterocycles. The summed E-state index contributed by atoms with van der Waals surface area (Å²) in [6.07, 6.45) is 4.19. The van der Waals surface area contributed by atoms with Gasteiger partial charge in [-0.05, 0) is 32.9 Å². The van der Waals surface area contributed by atoms with Gasteiger partial charge in [0.05, 0.1) is 6.54 Å². The Morgan fingerprint density at radius 3 is 2.33 bits per heavy atom. The minimum atomic E-state index is -0.0951. The largest absolute Gasteiger partial charge is 0.461 e. The summed E-state index contributed by atoms with van der Waals surface area (Å²) < 4.78 is 5.32. The molecule has 15 heavy (non-hydrogen) atoms. The number of esters is 1. The van der Waals surface area contributed by atoms with Gasteiger partial charge in [0.25, 0.3) is 0 Å². The van der Waals surface area contributed by atoms with E-state index in [0.717, 1.165) is 32.2 Å². The van der Waals surface area contributed by atoms with Gasteiger partial charge in [0, 0.05) is 0 Å². The fourth-order valence-corrected chi connectivity index (χ4v) is 1.41. The summed E-state index contributed by atoms with van der Waals surface area (Å²) in [5.41, 5.74) is 0. The van der Waals surface area contributed by atoms with E-state index in [-0.39, 0.29) is 12.1 Å². The molecule has 0 aliphatic carbocycles. The van der Waals surface area contributed by atoms with Crippen LogP contribution in [0.5, 0.6) is 0 Å². The van der Waals surface area contributed by atoms with Crippen LogP contribution >= 0.6 is 0 Å². The number of rotatable bonds is 8. The van der Waals surface area contributed by atoms with Crippen molar-refractivity contribution < 1.29 is 9.53 Å². The molecule has 0 aromatic carbocycles. The Hall–Kier alpha value is -0.570. The third-order valence-electron chi connectivity index (χ3n) is 2.50. The van der Waals surface area contributed by atoms with E-state index < -0.39 is 0 Å². The molecule has 3 nitrogen and oxygen atoms in total. The zero-order valence-electron chi connectivity index (χ0n) is 10.6. The number of hydrogen-bond acceptors (Lipinski definition) is 3. The molecule has 0 saturated heterocycles. The van der Waals surface area contributed by atoms with Crippen molar-refractivity contribution in [2.24, 2.45) is 0 Å². The Bertz CT molecular complexity index is 167. The lowest BCUT2D eigenvalue weighted by Crippen LogP contribution is -2.30. The number of nitrogens with zero attached hydrogens (tertiary/aromatic N) is 1. The average Bonchev–Trinajstić information content (AvgIpc) is 2.22. The molecular weight excluding hydrogens is 190 g/mol. The van der Waals surface area contributed by atoms with Crippen LogP contribution in [0, 0.1) is 0 Å². The van der Waals surface area contributed by atoms with Crippen molar-refractivity contribution in [1.82, 2.24) is 4.90 Å². The number of ether oxygens (including phenoxy) is 1. The van der Waals surface area contributed by atoms with Crippen LogP contribution in [0.25, 0.3) is 0 Å². The predicted octanol–water partition coefficient (Wildman–Crippen LogP) is 2.45. The molecule has 0 spiro atoms. The van der Waals surface area contributed by atoms with Crippen LogP contribution in [0.1, 0.15) is 46.5 Å². The van der Waals surface area contributed by atoms with E-state index in [1.54, 1.807) is 0 Å². The number of carbonyl (C=O) groups excluding carboxylic acids is 1. The Labute approximate surface area is 93.8 Å². The van der Waals surface area contributed by atoms with E-state index in [2.05, 4.69) is 6.92 Å². The van der Waals surface area contributed by atoms with Crippen molar-refractivity contribution in [1.29, 1.82) is 0 Å². The lowest BCUT2D eigenvalue weighted by atomic mass is 10.2. The predicted molar refractivity (Wildman–Crippen MR) is 62.9 cm³/mol. The number of likely N-dealkylation sites (N-methyl/N-ethyl adjacent to an activating group) is 1. The smallest absolute Gasteiger partial charge is 0.320 e. The molecule has 90 valence electrons. The van der Waals surface area contributed by atoms with Gasteiger partial charge in [-0.1, -0.05) is 27.2 Å². The maximum absolute atomic E-state index is 11.5. The van der Waals surface area contributed by atoms with E-state index in [1.165, 1.54) is 0 Å². The van der Waals surface area contributed by atoms with Gasteiger partial charge in [-0.3, -0.25) is 9.69 Å². The van der Waals surface area contributed by atoms with Crippen LogP contribution in [0.15, 0.2) is 0 Å². The minimum Gasteiger partial charge on any atom is -0.461 e. The molecular formula is C12H25NO2. The lowest BCUT2D eigenvalue weighted by molar-refractivity contribution is -0.150. The first-order valence-electron chi connectivity index (χ1n) is 6.01. The summed E-state index contributed by atoms with van der Waals surface area (Å²) in [6, 6.07) is 0. The topological polar surface area (TPSA) is 29.5 Å². The van der Waals surface area contributed by atoms with E-state index in [9.17, 15) is 4.79 Å². The fraction of sp³-hybridized carbons (Fsp3) is 0.917. The van der Waals surface area contributed by atoms with E-state index in [1.807, 2.05) is 25.8 Å². The molecule has 0 rings (SSSR count).